The van der Waals surface area contributed by atoms with Gasteiger partial charge in [-0.3, -0.25) is 4.90 Å². The third kappa shape index (κ3) is 4.27. The molecule has 0 radical (unpaired) electrons. The van der Waals surface area contributed by atoms with Crippen LogP contribution in [0, 0.1) is 0 Å². The van der Waals surface area contributed by atoms with Crippen molar-refractivity contribution in [2.24, 2.45) is 0 Å². The van der Waals surface area contributed by atoms with Gasteiger partial charge in [0.25, 0.3) is 0 Å². The van der Waals surface area contributed by atoms with E-state index in [1.54, 1.807) is 6.26 Å². The number of hydrogen-bond acceptors (Lipinski definition) is 3. The van der Waals surface area contributed by atoms with E-state index in [-0.39, 0.29) is 6.03 Å². The van der Waals surface area contributed by atoms with Crippen LogP contribution in [0.2, 0.25) is 5.02 Å². The summed E-state index contributed by atoms with van der Waals surface area (Å²) in [6, 6.07) is 11.4. The Hall–Kier alpha value is -1.98. The molecular weight excluding hydrogens is 314 g/mol. The van der Waals surface area contributed by atoms with E-state index >= 15 is 0 Å². The first-order valence-electron chi connectivity index (χ1n) is 7.73. The quantitative estimate of drug-likeness (QED) is 0.935. The molecule has 0 saturated carbocycles. The molecule has 1 fully saturated rings. The van der Waals surface area contributed by atoms with Crippen LogP contribution in [-0.4, -0.2) is 42.0 Å². The van der Waals surface area contributed by atoms with Crippen LogP contribution >= 0.6 is 11.6 Å². The van der Waals surface area contributed by atoms with Crippen molar-refractivity contribution in [3.63, 3.8) is 0 Å². The standard InChI is InChI=1S/C17H20ClN3O2/c18-16-6-2-1-4-14(16)12-19-17(22)21-9-7-20(8-10-21)13-15-5-3-11-23-15/h1-6,11H,7-10,12-13H2,(H,19,22). The first-order valence-corrected chi connectivity index (χ1v) is 8.11. The minimum absolute atomic E-state index is 0.0393. The third-order valence-electron chi connectivity index (χ3n) is 4.01. The Labute approximate surface area is 140 Å². The molecule has 0 atom stereocenters. The van der Waals surface area contributed by atoms with Crippen molar-refractivity contribution < 1.29 is 9.21 Å². The number of urea groups is 1. The monoisotopic (exact) mass is 333 g/mol. The van der Waals surface area contributed by atoms with Gasteiger partial charge in [0.1, 0.15) is 5.76 Å². The van der Waals surface area contributed by atoms with E-state index in [9.17, 15) is 4.79 Å². The maximum Gasteiger partial charge on any atom is 0.317 e. The van der Waals surface area contributed by atoms with Crippen LogP contribution in [-0.2, 0) is 13.1 Å². The van der Waals surface area contributed by atoms with E-state index in [2.05, 4.69) is 10.2 Å². The second-order valence-electron chi connectivity index (χ2n) is 5.59. The van der Waals surface area contributed by atoms with Crippen LogP contribution in [0.15, 0.2) is 47.1 Å². The molecule has 1 aromatic carbocycles. The van der Waals surface area contributed by atoms with Crippen molar-refractivity contribution in [3.8, 4) is 0 Å². The van der Waals surface area contributed by atoms with Crippen LogP contribution < -0.4 is 5.32 Å². The molecule has 2 heterocycles. The molecule has 1 aliphatic heterocycles. The number of benzene rings is 1. The third-order valence-corrected chi connectivity index (χ3v) is 4.38. The fraction of sp³-hybridized carbons (Fsp3) is 0.353. The molecule has 6 heteroatoms. The van der Waals surface area contributed by atoms with Gasteiger partial charge >= 0.3 is 6.03 Å². The summed E-state index contributed by atoms with van der Waals surface area (Å²) in [7, 11) is 0. The smallest absolute Gasteiger partial charge is 0.317 e. The van der Waals surface area contributed by atoms with Crippen LogP contribution in [0.1, 0.15) is 11.3 Å². The summed E-state index contributed by atoms with van der Waals surface area (Å²) < 4.78 is 5.36. The molecule has 5 nitrogen and oxygen atoms in total. The number of carbonyl (C=O) groups is 1. The molecule has 3 rings (SSSR count). The van der Waals surface area contributed by atoms with E-state index in [1.807, 2.05) is 41.3 Å². The van der Waals surface area contributed by atoms with Crippen LogP contribution in [0.3, 0.4) is 0 Å². The first-order chi connectivity index (χ1) is 11.2. The van der Waals surface area contributed by atoms with Gasteiger partial charge in [0, 0.05) is 37.7 Å². The van der Waals surface area contributed by atoms with Gasteiger partial charge in [0.05, 0.1) is 12.8 Å². The Bertz CT molecular complexity index is 637. The Balaban J connectivity index is 1.44. The highest BCUT2D eigenvalue weighted by Gasteiger charge is 2.21. The predicted octanol–water partition coefficient (Wildman–Crippen LogP) is 2.96. The van der Waals surface area contributed by atoms with E-state index in [0.29, 0.717) is 11.6 Å². The number of halogens is 1. The van der Waals surface area contributed by atoms with Crippen LogP contribution in [0.4, 0.5) is 4.79 Å². The van der Waals surface area contributed by atoms with Gasteiger partial charge in [0.2, 0.25) is 0 Å². The van der Waals surface area contributed by atoms with Crippen molar-refractivity contribution in [2.45, 2.75) is 13.1 Å². The van der Waals surface area contributed by atoms with Gasteiger partial charge in [-0.1, -0.05) is 29.8 Å². The fourth-order valence-corrected chi connectivity index (χ4v) is 2.86. The van der Waals surface area contributed by atoms with Crippen molar-refractivity contribution in [1.29, 1.82) is 0 Å². The van der Waals surface area contributed by atoms with E-state index in [4.69, 9.17) is 16.0 Å². The van der Waals surface area contributed by atoms with Gasteiger partial charge in [-0.25, -0.2) is 4.79 Å². The average molecular weight is 334 g/mol. The zero-order valence-electron chi connectivity index (χ0n) is 12.9. The van der Waals surface area contributed by atoms with Crippen molar-refractivity contribution >= 4 is 17.6 Å². The molecule has 122 valence electrons. The summed E-state index contributed by atoms with van der Waals surface area (Å²) in [5.74, 6) is 0.960. The highest BCUT2D eigenvalue weighted by Crippen LogP contribution is 2.14. The molecule has 0 aliphatic carbocycles. The minimum Gasteiger partial charge on any atom is -0.468 e. The van der Waals surface area contributed by atoms with Gasteiger partial charge in [-0.2, -0.15) is 0 Å². The molecule has 1 saturated heterocycles. The first kappa shape index (κ1) is 15.9. The molecule has 0 unspecified atom stereocenters. The Morgan fingerprint density at radius 1 is 1.13 bits per heavy atom. The highest BCUT2D eigenvalue weighted by molar-refractivity contribution is 6.31. The highest BCUT2D eigenvalue weighted by atomic mass is 35.5. The maximum absolute atomic E-state index is 12.2. The van der Waals surface area contributed by atoms with Gasteiger partial charge in [0.15, 0.2) is 0 Å². The van der Waals surface area contributed by atoms with Crippen LogP contribution in [0.25, 0.3) is 0 Å². The molecular formula is C17H20ClN3O2. The molecule has 0 bridgehead atoms. The van der Waals surface area contributed by atoms with E-state index in [0.717, 1.165) is 44.0 Å². The number of carbonyl (C=O) groups excluding carboxylic acids is 1. The SMILES string of the molecule is O=C(NCc1ccccc1Cl)N1CCN(Cc2ccco2)CC1. The average Bonchev–Trinajstić information content (AvgIpc) is 3.07. The Kier molecular flexibility index (Phi) is 5.20. The minimum atomic E-state index is -0.0393. The lowest BCUT2D eigenvalue weighted by Crippen LogP contribution is -2.51. The Morgan fingerprint density at radius 2 is 1.91 bits per heavy atom. The van der Waals surface area contributed by atoms with Gasteiger partial charge in [-0.15, -0.1) is 0 Å². The normalized spacial score (nSPS) is 15.6. The summed E-state index contributed by atoms with van der Waals surface area (Å²) in [6.07, 6.45) is 1.69. The molecule has 1 N–H and O–H groups in total. The Morgan fingerprint density at radius 3 is 2.61 bits per heavy atom. The van der Waals surface area contributed by atoms with E-state index in [1.165, 1.54) is 0 Å². The predicted molar refractivity (Wildman–Crippen MR) is 89.2 cm³/mol. The molecule has 23 heavy (non-hydrogen) atoms. The molecule has 1 aliphatic rings. The van der Waals surface area contributed by atoms with E-state index < -0.39 is 0 Å². The number of hydrogen-bond donors (Lipinski definition) is 1. The zero-order chi connectivity index (χ0) is 16.1. The maximum atomic E-state index is 12.2. The largest absolute Gasteiger partial charge is 0.468 e. The molecule has 0 spiro atoms. The van der Waals surface area contributed by atoms with Crippen molar-refractivity contribution in [3.05, 3.63) is 59.0 Å². The summed E-state index contributed by atoms with van der Waals surface area (Å²) in [4.78, 5) is 16.4. The fourth-order valence-electron chi connectivity index (χ4n) is 2.66. The van der Waals surface area contributed by atoms with Gasteiger partial charge < -0.3 is 14.6 Å². The lowest BCUT2D eigenvalue weighted by molar-refractivity contribution is 0.130. The molecule has 1 aromatic heterocycles. The lowest BCUT2D eigenvalue weighted by atomic mass is 10.2. The second-order valence-corrected chi connectivity index (χ2v) is 6.00. The summed E-state index contributed by atoms with van der Waals surface area (Å²) in [5.41, 5.74) is 0.930. The summed E-state index contributed by atoms with van der Waals surface area (Å²) in [5, 5.41) is 3.61. The topological polar surface area (TPSA) is 48.7 Å². The van der Waals surface area contributed by atoms with Crippen LogP contribution in [0.5, 0.6) is 0 Å². The van der Waals surface area contributed by atoms with Crippen molar-refractivity contribution in [2.75, 3.05) is 26.2 Å². The van der Waals surface area contributed by atoms with Crippen molar-refractivity contribution in [1.82, 2.24) is 15.1 Å². The zero-order valence-corrected chi connectivity index (χ0v) is 13.6. The molecule has 2 amide bonds. The van der Waals surface area contributed by atoms with Gasteiger partial charge in [-0.05, 0) is 23.8 Å². The number of nitrogens with zero attached hydrogens (tertiary/aromatic N) is 2. The number of rotatable bonds is 4. The molecule has 2 aromatic rings. The number of piperazine rings is 1. The number of furan rings is 1. The number of amides is 2. The summed E-state index contributed by atoms with van der Waals surface area (Å²) in [6.45, 7) is 4.37. The number of nitrogens with one attached hydrogen (secondary N) is 1. The second kappa shape index (κ2) is 7.53. The summed E-state index contributed by atoms with van der Waals surface area (Å²) >= 11 is 6.10. The lowest BCUT2D eigenvalue weighted by Gasteiger charge is -2.34.